The molecule has 0 fully saturated rings. The molecule has 0 aromatic heterocycles. The van der Waals surface area contributed by atoms with E-state index >= 15 is 0 Å². The predicted molar refractivity (Wildman–Crippen MR) is 89.9 cm³/mol. The molecule has 0 saturated heterocycles. The molecule has 0 heterocycles. The summed E-state index contributed by atoms with van der Waals surface area (Å²) in [7, 11) is 1.23. The van der Waals surface area contributed by atoms with Crippen molar-refractivity contribution < 1.29 is 4.21 Å². The minimum Gasteiger partial charge on any atom is -0.312 e. The maximum Gasteiger partial charge on any atom is 0.0439 e. The molecule has 0 bridgehead atoms. The van der Waals surface area contributed by atoms with E-state index in [1.807, 2.05) is 7.05 Å². The van der Waals surface area contributed by atoms with Crippen molar-refractivity contribution in [3.05, 3.63) is 34.4 Å². The highest BCUT2D eigenvalue weighted by molar-refractivity contribution is 7.85. The van der Waals surface area contributed by atoms with Crippen molar-refractivity contribution in [3.63, 3.8) is 0 Å². The fourth-order valence-corrected chi connectivity index (χ4v) is 4.23. The van der Waals surface area contributed by atoms with Gasteiger partial charge < -0.3 is 5.32 Å². The number of unbranched alkanes of at least 4 members (excludes halogenated alkanes) is 2. The number of benzene rings is 1. The van der Waals surface area contributed by atoms with Crippen molar-refractivity contribution in [2.45, 2.75) is 53.0 Å². The number of nitrogens with one attached hydrogen (secondary N) is 1. The molecule has 0 amide bonds. The van der Waals surface area contributed by atoms with Gasteiger partial charge >= 0.3 is 0 Å². The van der Waals surface area contributed by atoms with E-state index < -0.39 is 10.8 Å². The molecule has 0 saturated carbocycles. The molecule has 3 heteroatoms. The predicted octanol–water partition coefficient (Wildman–Crippen LogP) is 3.81. The topological polar surface area (TPSA) is 29.1 Å². The van der Waals surface area contributed by atoms with Gasteiger partial charge in [0.05, 0.1) is 0 Å². The van der Waals surface area contributed by atoms with Crippen molar-refractivity contribution in [2.24, 2.45) is 0 Å². The molecule has 2 nitrogen and oxygen atoms in total. The van der Waals surface area contributed by atoms with Crippen molar-refractivity contribution in [1.82, 2.24) is 5.32 Å². The number of hydrogen-bond acceptors (Lipinski definition) is 2. The summed E-state index contributed by atoms with van der Waals surface area (Å²) in [6.45, 7) is 8.61. The van der Waals surface area contributed by atoms with Gasteiger partial charge in [-0.2, -0.15) is 0 Å². The average molecular weight is 295 g/mol. The second kappa shape index (κ2) is 8.58. The first-order chi connectivity index (χ1) is 9.49. The largest absolute Gasteiger partial charge is 0.312 e. The standard InChI is InChI=1S/C17H29NOS/c1-6-7-8-9-20(19)12-16(18-5)17-14(3)10-13(2)11-15(17)4/h10-11,16,18H,6-9,12H2,1-5H3. The smallest absolute Gasteiger partial charge is 0.0439 e. The first kappa shape index (κ1) is 17.4. The Kier molecular flexibility index (Phi) is 7.46. The lowest BCUT2D eigenvalue weighted by molar-refractivity contribution is 0.627. The lowest BCUT2D eigenvalue weighted by Crippen LogP contribution is -2.25. The summed E-state index contributed by atoms with van der Waals surface area (Å²) in [5.74, 6) is 1.54. The molecule has 1 aromatic carbocycles. The van der Waals surface area contributed by atoms with E-state index in [2.05, 4.69) is 45.1 Å². The zero-order valence-electron chi connectivity index (χ0n) is 13.6. The lowest BCUT2D eigenvalue weighted by atomic mass is 9.95. The van der Waals surface area contributed by atoms with Crippen LogP contribution >= 0.6 is 0 Å². The fourth-order valence-electron chi connectivity index (χ4n) is 2.83. The molecule has 2 atom stereocenters. The molecule has 1 aromatic rings. The zero-order chi connectivity index (χ0) is 15.1. The van der Waals surface area contributed by atoms with E-state index in [1.54, 1.807) is 0 Å². The fraction of sp³-hybridized carbons (Fsp3) is 0.647. The van der Waals surface area contributed by atoms with Crippen LogP contribution in [-0.2, 0) is 10.8 Å². The molecular weight excluding hydrogens is 266 g/mol. The number of aryl methyl sites for hydroxylation is 3. The Bertz CT molecular complexity index is 433. The van der Waals surface area contributed by atoms with Crippen LogP contribution in [0, 0.1) is 20.8 Å². The summed E-state index contributed by atoms with van der Waals surface area (Å²) in [6, 6.07) is 4.62. The van der Waals surface area contributed by atoms with Gasteiger partial charge in [0.1, 0.15) is 0 Å². The molecule has 114 valence electrons. The van der Waals surface area contributed by atoms with Gasteiger partial charge in [0.2, 0.25) is 0 Å². The molecule has 2 unspecified atom stereocenters. The van der Waals surface area contributed by atoms with E-state index in [1.165, 1.54) is 35.1 Å². The second-order valence-electron chi connectivity index (χ2n) is 5.67. The van der Waals surface area contributed by atoms with Crippen molar-refractivity contribution >= 4 is 10.8 Å². The Labute approximate surface area is 126 Å². The number of hydrogen-bond donors (Lipinski definition) is 1. The van der Waals surface area contributed by atoms with Gasteiger partial charge in [-0.15, -0.1) is 0 Å². The SMILES string of the molecule is CCCCCS(=O)CC(NC)c1c(C)cc(C)cc1C. The van der Waals surface area contributed by atoms with Crippen molar-refractivity contribution in [3.8, 4) is 0 Å². The molecule has 20 heavy (non-hydrogen) atoms. The Morgan fingerprint density at radius 3 is 2.25 bits per heavy atom. The van der Waals surface area contributed by atoms with Crippen LogP contribution in [0.1, 0.15) is 54.5 Å². The average Bonchev–Trinajstić information content (AvgIpc) is 2.36. The maximum atomic E-state index is 12.2. The van der Waals surface area contributed by atoms with Crippen LogP contribution < -0.4 is 5.32 Å². The molecular formula is C17H29NOS. The van der Waals surface area contributed by atoms with E-state index in [0.717, 1.165) is 12.2 Å². The monoisotopic (exact) mass is 295 g/mol. The van der Waals surface area contributed by atoms with Gasteiger partial charge in [-0.3, -0.25) is 4.21 Å². The molecule has 0 aliphatic rings. The third-order valence-electron chi connectivity index (χ3n) is 3.76. The summed E-state index contributed by atoms with van der Waals surface area (Å²) >= 11 is 0. The first-order valence-electron chi connectivity index (χ1n) is 7.59. The summed E-state index contributed by atoms with van der Waals surface area (Å²) in [6.07, 6.45) is 3.44. The first-order valence-corrected chi connectivity index (χ1v) is 9.08. The minimum absolute atomic E-state index is 0.193. The Morgan fingerprint density at radius 2 is 1.75 bits per heavy atom. The normalized spacial score (nSPS) is 14.2. The molecule has 0 radical (unpaired) electrons. The highest BCUT2D eigenvalue weighted by Gasteiger charge is 2.17. The van der Waals surface area contributed by atoms with Crippen LogP contribution in [0.2, 0.25) is 0 Å². The molecule has 0 spiro atoms. The summed E-state index contributed by atoms with van der Waals surface area (Å²) < 4.78 is 12.2. The van der Waals surface area contributed by atoms with E-state index in [-0.39, 0.29) is 6.04 Å². The number of rotatable bonds is 8. The van der Waals surface area contributed by atoms with Crippen LogP contribution in [0.5, 0.6) is 0 Å². The van der Waals surface area contributed by atoms with Gasteiger partial charge in [0, 0.05) is 28.3 Å². The molecule has 1 rings (SSSR count). The molecule has 0 aliphatic heterocycles. The van der Waals surface area contributed by atoms with Crippen LogP contribution in [0.25, 0.3) is 0 Å². The maximum absolute atomic E-state index is 12.2. The van der Waals surface area contributed by atoms with Gasteiger partial charge in [0.15, 0.2) is 0 Å². The molecule has 1 N–H and O–H groups in total. The zero-order valence-corrected chi connectivity index (χ0v) is 14.4. The summed E-state index contributed by atoms with van der Waals surface area (Å²) in [4.78, 5) is 0. The Hall–Kier alpha value is -0.670. The van der Waals surface area contributed by atoms with E-state index in [4.69, 9.17) is 0 Å². The lowest BCUT2D eigenvalue weighted by Gasteiger charge is -2.21. The van der Waals surface area contributed by atoms with Crippen molar-refractivity contribution in [1.29, 1.82) is 0 Å². The highest BCUT2D eigenvalue weighted by atomic mass is 32.2. The highest BCUT2D eigenvalue weighted by Crippen LogP contribution is 2.24. The van der Waals surface area contributed by atoms with E-state index in [0.29, 0.717) is 5.75 Å². The molecule has 0 aliphatic carbocycles. The second-order valence-corrected chi connectivity index (χ2v) is 7.29. The van der Waals surface area contributed by atoms with Gasteiger partial charge in [-0.1, -0.05) is 37.5 Å². The third kappa shape index (κ3) is 5.02. The van der Waals surface area contributed by atoms with Crippen LogP contribution in [0.3, 0.4) is 0 Å². The Morgan fingerprint density at radius 1 is 1.15 bits per heavy atom. The van der Waals surface area contributed by atoms with Crippen LogP contribution in [-0.4, -0.2) is 22.8 Å². The minimum atomic E-state index is -0.736. The van der Waals surface area contributed by atoms with Crippen LogP contribution in [0.15, 0.2) is 12.1 Å². The van der Waals surface area contributed by atoms with Crippen LogP contribution in [0.4, 0.5) is 0 Å². The van der Waals surface area contributed by atoms with Crippen molar-refractivity contribution in [2.75, 3.05) is 18.6 Å². The third-order valence-corrected chi connectivity index (χ3v) is 5.21. The van der Waals surface area contributed by atoms with Gasteiger partial charge in [-0.05, 0) is 50.9 Å². The van der Waals surface area contributed by atoms with Gasteiger partial charge in [0.25, 0.3) is 0 Å². The van der Waals surface area contributed by atoms with E-state index in [9.17, 15) is 4.21 Å². The Balaban J connectivity index is 2.79. The summed E-state index contributed by atoms with van der Waals surface area (Å²) in [5.41, 5.74) is 5.21. The quantitative estimate of drug-likeness (QED) is 0.739. The summed E-state index contributed by atoms with van der Waals surface area (Å²) in [5, 5.41) is 3.35. The van der Waals surface area contributed by atoms with Gasteiger partial charge in [-0.25, -0.2) is 0 Å².